The molecule has 3 rings (SSSR count). The zero-order chi connectivity index (χ0) is 13.4. The first-order valence-corrected chi connectivity index (χ1v) is 6.92. The van der Waals surface area contributed by atoms with Gasteiger partial charge in [-0.2, -0.15) is 5.10 Å². The molecule has 3 heterocycles. The lowest BCUT2D eigenvalue weighted by atomic mass is 10.0. The molecule has 3 aromatic rings. The molecule has 3 aromatic heterocycles. The second-order valence-electron chi connectivity index (χ2n) is 4.56. The van der Waals surface area contributed by atoms with E-state index in [1.165, 1.54) is 0 Å². The van der Waals surface area contributed by atoms with Crippen LogP contribution in [-0.4, -0.2) is 19.2 Å². The van der Waals surface area contributed by atoms with Gasteiger partial charge in [-0.15, -0.1) is 11.3 Å². The Morgan fingerprint density at radius 1 is 1.53 bits per heavy atom. The number of imidazole rings is 1. The molecule has 0 saturated carbocycles. The minimum atomic E-state index is 0.0262. The molecule has 0 aromatic carbocycles. The third-order valence-electron chi connectivity index (χ3n) is 3.41. The summed E-state index contributed by atoms with van der Waals surface area (Å²) >= 11 is 1.63. The molecule has 0 spiro atoms. The Hall–Kier alpha value is -1.70. The van der Waals surface area contributed by atoms with E-state index in [9.17, 15) is 0 Å². The summed E-state index contributed by atoms with van der Waals surface area (Å²) in [6.45, 7) is 2.04. The second kappa shape index (κ2) is 4.76. The first-order chi connectivity index (χ1) is 9.19. The summed E-state index contributed by atoms with van der Waals surface area (Å²) in [5.74, 6) is 5.68. The molecule has 1 unspecified atom stereocenters. The number of nitrogens with two attached hydrogens (primary N) is 1. The molecule has 0 saturated heterocycles. The molecule has 0 aliphatic heterocycles. The number of hydrogen-bond acceptors (Lipinski definition) is 5. The first-order valence-electron chi connectivity index (χ1n) is 6.04. The second-order valence-corrected chi connectivity index (χ2v) is 5.43. The minimum Gasteiger partial charge on any atom is -0.297 e. The number of hydrogen-bond donors (Lipinski definition) is 2. The monoisotopic (exact) mass is 276 g/mol. The minimum absolute atomic E-state index is 0.0262. The van der Waals surface area contributed by atoms with Gasteiger partial charge in [0, 0.05) is 42.5 Å². The van der Waals surface area contributed by atoms with Crippen LogP contribution in [0.15, 0.2) is 24.0 Å². The quantitative estimate of drug-likeness (QED) is 0.554. The number of rotatable bonds is 4. The van der Waals surface area contributed by atoms with Crippen LogP contribution in [0.3, 0.4) is 0 Å². The largest absolute Gasteiger partial charge is 0.297 e. The van der Waals surface area contributed by atoms with Gasteiger partial charge in [0.1, 0.15) is 0 Å². The van der Waals surface area contributed by atoms with Crippen molar-refractivity contribution in [2.75, 3.05) is 0 Å². The lowest BCUT2D eigenvalue weighted by Gasteiger charge is -2.14. The maximum atomic E-state index is 5.68. The lowest BCUT2D eigenvalue weighted by Crippen LogP contribution is -2.30. The molecule has 6 nitrogen and oxygen atoms in total. The van der Waals surface area contributed by atoms with E-state index < -0.39 is 0 Å². The van der Waals surface area contributed by atoms with E-state index in [-0.39, 0.29) is 6.04 Å². The SMILES string of the molecule is Cc1c(C(Cc2cn3ccsc3n2)NN)cnn1C. The van der Waals surface area contributed by atoms with Gasteiger partial charge in [0.25, 0.3) is 0 Å². The molecule has 0 bridgehead atoms. The highest BCUT2D eigenvalue weighted by Crippen LogP contribution is 2.21. The number of fused-ring (bicyclic) bond motifs is 1. The van der Waals surface area contributed by atoms with Gasteiger partial charge in [0.15, 0.2) is 4.96 Å². The molecule has 0 fully saturated rings. The maximum absolute atomic E-state index is 5.68. The van der Waals surface area contributed by atoms with Crippen LogP contribution in [0.5, 0.6) is 0 Å². The Morgan fingerprint density at radius 3 is 3.00 bits per heavy atom. The van der Waals surface area contributed by atoms with Gasteiger partial charge in [0.05, 0.1) is 17.9 Å². The fourth-order valence-corrected chi connectivity index (χ4v) is 2.92. The Labute approximate surface area is 114 Å². The molecule has 100 valence electrons. The van der Waals surface area contributed by atoms with Crippen LogP contribution in [0.4, 0.5) is 0 Å². The molecule has 0 amide bonds. The van der Waals surface area contributed by atoms with Crippen molar-refractivity contribution in [3.63, 3.8) is 0 Å². The zero-order valence-corrected chi connectivity index (χ0v) is 11.7. The van der Waals surface area contributed by atoms with E-state index in [0.29, 0.717) is 0 Å². The summed E-state index contributed by atoms with van der Waals surface area (Å²) in [5, 5.41) is 6.28. The summed E-state index contributed by atoms with van der Waals surface area (Å²) in [6, 6.07) is 0.0262. The van der Waals surface area contributed by atoms with Crippen LogP contribution < -0.4 is 11.3 Å². The van der Waals surface area contributed by atoms with Crippen molar-refractivity contribution >= 4 is 16.3 Å². The van der Waals surface area contributed by atoms with Gasteiger partial charge in [-0.1, -0.05) is 0 Å². The van der Waals surface area contributed by atoms with Gasteiger partial charge in [0.2, 0.25) is 0 Å². The van der Waals surface area contributed by atoms with E-state index in [1.807, 2.05) is 47.0 Å². The smallest absolute Gasteiger partial charge is 0.193 e. The van der Waals surface area contributed by atoms with Crippen molar-refractivity contribution in [3.05, 3.63) is 40.9 Å². The Bertz CT molecular complexity index is 666. The fraction of sp³-hybridized carbons (Fsp3) is 0.333. The van der Waals surface area contributed by atoms with Crippen LogP contribution in [-0.2, 0) is 13.5 Å². The third-order valence-corrected chi connectivity index (χ3v) is 4.18. The van der Waals surface area contributed by atoms with Crippen LogP contribution in [0.25, 0.3) is 4.96 Å². The van der Waals surface area contributed by atoms with Crippen molar-refractivity contribution in [2.24, 2.45) is 12.9 Å². The summed E-state index contributed by atoms with van der Waals surface area (Å²) in [5.41, 5.74) is 6.11. The standard InChI is InChI=1S/C12H16N6S/c1-8-10(6-14-17(8)2)11(16-13)5-9-7-18-3-4-19-12(18)15-9/h3-4,6-7,11,16H,5,13H2,1-2H3. The predicted octanol–water partition coefficient (Wildman–Crippen LogP) is 1.18. The Kier molecular flexibility index (Phi) is 3.09. The van der Waals surface area contributed by atoms with Gasteiger partial charge in [-0.05, 0) is 6.92 Å². The normalized spacial score (nSPS) is 13.2. The number of nitrogens with one attached hydrogen (secondary N) is 1. The topological polar surface area (TPSA) is 73.2 Å². The Morgan fingerprint density at radius 2 is 2.37 bits per heavy atom. The van der Waals surface area contributed by atoms with Crippen LogP contribution >= 0.6 is 11.3 Å². The summed E-state index contributed by atoms with van der Waals surface area (Å²) in [4.78, 5) is 5.59. The molecular formula is C12H16N6S. The van der Waals surface area contributed by atoms with E-state index in [2.05, 4.69) is 15.5 Å². The van der Waals surface area contributed by atoms with Crippen LogP contribution in [0, 0.1) is 6.92 Å². The highest BCUT2D eigenvalue weighted by atomic mass is 32.1. The fourth-order valence-electron chi connectivity index (χ4n) is 2.20. The van der Waals surface area contributed by atoms with Crippen molar-refractivity contribution in [3.8, 4) is 0 Å². The van der Waals surface area contributed by atoms with Gasteiger partial charge in [-0.25, -0.2) is 4.98 Å². The number of thiazole rings is 1. The average Bonchev–Trinajstić information content (AvgIpc) is 3.04. The lowest BCUT2D eigenvalue weighted by molar-refractivity contribution is 0.543. The molecule has 0 aliphatic rings. The molecule has 0 radical (unpaired) electrons. The van der Waals surface area contributed by atoms with Crippen molar-refractivity contribution in [1.29, 1.82) is 0 Å². The third kappa shape index (κ3) is 2.16. The van der Waals surface area contributed by atoms with Crippen molar-refractivity contribution in [1.82, 2.24) is 24.6 Å². The maximum Gasteiger partial charge on any atom is 0.193 e. The van der Waals surface area contributed by atoms with Crippen molar-refractivity contribution in [2.45, 2.75) is 19.4 Å². The molecule has 0 aliphatic carbocycles. The number of aryl methyl sites for hydroxylation is 1. The summed E-state index contributed by atoms with van der Waals surface area (Å²) in [6.07, 6.45) is 6.66. The zero-order valence-electron chi connectivity index (χ0n) is 10.9. The summed E-state index contributed by atoms with van der Waals surface area (Å²) < 4.78 is 3.88. The van der Waals surface area contributed by atoms with Crippen molar-refractivity contribution < 1.29 is 0 Å². The van der Waals surface area contributed by atoms with Crippen LogP contribution in [0.2, 0.25) is 0 Å². The predicted molar refractivity (Wildman–Crippen MR) is 74.8 cm³/mol. The highest BCUT2D eigenvalue weighted by molar-refractivity contribution is 7.15. The summed E-state index contributed by atoms with van der Waals surface area (Å²) in [7, 11) is 1.93. The Balaban J connectivity index is 1.87. The van der Waals surface area contributed by atoms with E-state index in [1.54, 1.807) is 11.3 Å². The number of aromatic nitrogens is 4. The van der Waals surface area contributed by atoms with E-state index in [0.717, 1.165) is 28.3 Å². The number of hydrazine groups is 1. The number of nitrogens with zero attached hydrogens (tertiary/aromatic N) is 4. The molecule has 7 heteroatoms. The average molecular weight is 276 g/mol. The molecule has 3 N–H and O–H groups in total. The molecule has 1 atom stereocenters. The molecular weight excluding hydrogens is 260 g/mol. The van der Waals surface area contributed by atoms with Crippen LogP contribution in [0.1, 0.15) is 23.0 Å². The first kappa shape index (κ1) is 12.3. The van der Waals surface area contributed by atoms with Gasteiger partial charge >= 0.3 is 0 Å². The molecule has 19 heavy (non-hydrogen) atoms. The van der Waals surface area contributed by atoms with E-state index in [4.69, 9.17) is 5.84 Å². The van der Waals surface area contributed by atoms with E-state index >= 15 is 0 Å². The van der Waals surface area contributed by atoms with Gasteiger partial charge in [-0.3, -0.25) is 20.4 Å². The highest BCUT2D eigenvalue weighted by Gasteiger charge is 2.17. The van der Waals surface area contributed by atoms with Gasteiger partial charge < -0.3 is 0 Å².